The number of fused-ring (bicyclic) bond motifs is 1. The molecule has 0 fully saturated rings. The van der Waals surface area contributed by atoms with E-state index in [2.05, 4.69) is 16.3 Å². The highest BCUT2D eigenvalue weighted by atomic mass is 32.2. The predicted molar refractivity (Wildman–Crippen MR) is 126 cm³/mol. The van der Waals surface area contributed by atoms with Crippen molar-refractivity contribution in [2.24, 2.45) is 0 Å². The first kappa shape index (κ1) is 25.3. The maximum atomic E-state index is 13.0. The van der Waals surface area contributed by atoms with Gasteiger partial charge in [-0.3, -0.25) is 4.79 Å². The van der Waals surface area contributed by atoms with Gasteiger partial charge in [-0.15, -0.1) is 11.3 Å². The molecule has 0 saturated heterocycles. The quantitative estimate of drug-likeness (QED) is 0.541. The molecular weight excluding hydrogens is 464 g/mol. The summed E-state index contributed by atoms with van der Waals surface area (Å²) in [6, 6.07) is 7.99. The summed E-state index contributed by atoms with van der Waals surface area (Å²) >= 11 is 1.42. The molecule has 2 aromatic rings. The lowest BCUT2D eigenvalue weighted by Crippen LogP contribution is -2.36. The number of amides is 1. The zero-order chi connectivity index (χ0) is 24.0. The zero-order valence-corrected chi connectivity index (χ0v) is 20.6. The molecule has 1 amide bonds. The molecule has 0 bridgehead atoms. The van der Waals surface area contributed by atoms with Crippen LogP contribution in [0.4, 0.5) is 5.00 Å². The molecule has 1 N–H and O–H groups in total. The number of nitriles is 1. The summed E-state index contributed by atoms with van der Waals surface area (Å²) in [6.45, 7) is 2.52. The van der Waals surface area contributed by atoms with Crippen LogP contribution in [0.5, 0.6) is 0 Å². The summed E-state index contributed by atoms with van der Waals surface area (Å²) in [4.78, 5) is 16.2. The Hall–Kier alpha value is -2.33. The van der Waals surface area contributed by atoms with Crippen molar-refractivity contribution in [2.75, 3.05) is 59.4 Å². The highest BCUT2D eigenvalue weighted by Crippen LogP contribution is 2.36. The van der Waals surface area contributed by atoms with Crippen molar-refractivity contribution in [3.05, 3.63) is 45.8 Å². The minimum atomic E-state index is -3.77. The number of carbonyl (C=O) groups is 1. The number of likely N-dealkylation sites (N-methyl/N-ethyl adjacent to an activating group) is 1. The first-order chi connectivity index (χ1) is 15.8. The second kappa shape index (κ2) is 11.2. The molecule has 9 nitrogen and oxygen atoms in total. The molecule has 33 heavy (non-hydrogen) atoms. The molecule has 0 radical (unpaired) electrons. The highest BCUT2D eigenvalue weighted by molar-refractivity contribution is 7.89. The number of benzene rings is 1. The lowest BCUT2D eigenvalue weighted by molar-refractivity contribution is 0.102. The molecule has 0 unspecified atom stereocenters. The molecule has 3 rings (SSSR count). The van der Waals surface area contributed by atoms with E-state index in [9.17, 15) is 18.5 Å². The van der Waals surface area contributed by atoms with E-state index in [0.717, 1.165) is 30.0 Å². The number of methoxy groups -OCH3 is 2. The molecule has 2 heterocycles. The lowest BCUT2D eigenvalue weighted by atomic mass is 10.0. The van der Waals surface area contributed by atoms with Gasteiger partial charge in [0.05, 0.1) is 23.7 Å². The lowest BCUT2D eigenvalue weighted by Gasteiger charge is -2.21. The van der Waals surface area contributed by atoms with Crippen LogP contribution >= 0.6 is 11.3 Å². The molecule has 1 aliphatic heterocycles. The number of nitrogens with zero attached hydrogens (tertiary/aromatic N) is 3. The number of hydrogen-bond acceptors (Lipinski definition) is 8. The normalized spacial score (nSPS) is 14.2. The van der Waals surface area contributed by atoms with Crippen LogP contribution in [-0.2, 0) is 32.5 Å². The van der Waals surface area contributed by atoms with Gasteiger partial charge in [-0.2, -0.15) is 9.57 Å². The van der Waals surface area contributed by atoms with Gasteiger partial charge in [0.25, 0.3) is 5.91 Å². The van der Waals surface area contributed by atoms with Gasteiger partial charge in [0.1, 0.15) is 11.1 Å². The van der Waals surface area contributed by atoms with Gasteiger partial charge in [-0.25, -0.2) is 8.42 Å². The van der Waals surface area contributed by atoms with Gasteiger partial charge >= 0.3 is 0 Å². The fourth-order valence-electron chi connectivity index (χ4n) is 3.58. The number of ether oxygens (including phenoxy) is 2. The number of sulfonamides is 1. The smallest absolute Gasteiger partial charge is 0.256 e. The van der Waals surface area contributed by atoms with Crippen LogP contribution in [0.3, 0.4) is 0 Å². The summed E-state index contributed by atoms with van der Waals surface area (Å²) in [7, 11) is 1.27. The summed E-state index contributed by atoms with van der Waals surface area (Å²) in [5.41, 5.74) is 1.83. The third-order valence-electron chi connectivity index (χ3n) is 5.43. The number of thiophene rings is 1. The average molecular weight is 493 g/mol. The molecule has 0 saturated carbocycles. The Morgan fingerprint density at radius 2 is 1.85 bits per heavy atom. The van der Waals surface area contributed by atoms with Crippen LogP contribution in [0.2, 0.25) is 0 Å². The Kier molecular flexibility index (Phi) is 8.58. The molecule has 1 aromatic carbocycles. The van der Waals surface area contributed by atoms with Gasteiger partial charge in [0, 0.05) is 50.8 Å². The van der Waals surface area contributed by atoms with E-state index in [0.29, 0.717) is 16.1 Å². The molecule has 178 valence electrons. The fourth-order valence-corrected chi connectivity index (χ4v) is 6.26. The van der Waals surface area contributed by atoms with Gasteiger partial charge in [0.2, 0.25) is 10.0 Å². The van der Waals surface area contributed by atoms with Crippen LogP contribution in [0.25, 0.3) is 0 Å². The Morgan fingerprint density at radius 1 is 1.21 bits per heavy atom. The third kappa shape index (κ3) is 5.78. The fraction of sp³-hybridized carbons (Fsp3) is 0.455. The number of nitrogens with one attached hydrogen (secondary N) is 1. The van der Waals surface area contributed by atoms with Crippen LogP contribution < -0.4 is 5.32 Å². The van der Waals surface area contributed by atoms with E-state index in [-0.39, 0.29) is 31.2 Å². The topological polar surface area (TPSA) is 112 Å². The van der Waals surface area contributed by atoms with Gasteiger partial charge in [-0.05, 0) is 43.3 Å². The number of rotatable bonds is 10. The number of anilines is 1. The van der Waals surface area contributed by atoms with E-state index in [1.54, 1.807) is 0 Å². The Labute approximate surface area is 198 Å². The largest absolute Gasteiger partial charge is 0.383 e. The van der Waals surface area contributed by atoms with Crippen LogP contribution in [0, 0.1) is 11.3 Å². The minimum absolute atomic E-state index is 0.0820. The molecule has 11 heteroatoms. The molecule has 1 aliphatic rings. The van der Waals surface area contributed by atoms with Crippen LogP contribution in [-0.4, -0.2) is 77.6 Å². The molecule has 0 atom stereocenters. The maximum Gasteiger partial charge on any atom is 0.256 e. The monoisotopic (exact) mass is 492 g/mol. The van der Waals surface area contributed by atoms with Gasteiger partial charge in [0.15, 0.2) is 0 Å². The van der Waals surface area contributed by atoms with Crippen molar-refractivity contribution in [3.8, 4) is 6.07 Å². The summed E-state index contributed by atoms with van der Waals surface area (Å²) in [6.07, 6.45) is 0.774. The van der Waals surface area contributed by atoms with E-state index in [1.165, 1.54) is 54.1 Å². The Balaban J connectivity index is 1.77. The van der Waals surface area contributed by atoms with Crippen molar-refractivity contribution in [2.45, 2.75) is 17.9 Å². The number of carbonyl (C=O) groups excluding carboxylic acids is 1. The van der Waals surface area contributed by atoms with E-state index >= 15 is 0 Å². The second-order valence-corrected chi connectivity index (χ2v) is 10.7. The molecule has 0 aliphatic carbocycles. The average Bonchev–Trinajstić information content (AvgIpc) is 3.14. The van der Waals surface area contributed by atoms with Crippen LogP contribution in [0.15, 0.2) is 29.2 Å². The van der Waals surface area contributed by atoms with E-state index in [4.69, 9.17) is 9.47 Å². The third-order valence-corrected chi connectivity index (χ3v) is 8.48. The SMILES string of the molecule is COCCN(CCOC)S(=O)(=O)c1ccc(C(=O)Nc2sc3c(c2C#N)CCN(C)C3)cc1. The molecule has 1 aromatic heterocycles. The Morgan fingerprint density at radius 3 is 2.42 bits per heavy atom. The zero-order valence-electron chi connectivity index (χ0n) is 19.0. The molecular formula is C22H28N4O5S2. The standard InChI is InChI=1S/C22H28N4O5S2/c1-25-9-8-18-19(14-23)22(32-20(18)15-25)24-21(27)16-4-6-17(7-5-16)33(28,29)26(10-12-30-2)11-13-31-3/h4-7H,8-13,15H2,1-3H3,(H,24,27). The van der Waals surface area contributed by atoms with Crippen molar-refractivity contribution in [3.63, 3.8) is 0 Å². The van der Waals surface area contributed by atoms with Crippen molar-refractivity contribution in [1.29, 1.82) is 5.26 Å². The van der Waals surface area contributed by atoms with Crippen molar-refractivity contribution in [1.82, 2.24) is 9.21 Å². The summed E-state index contributed by atoms with van der Waals surface area (Å²) in [5, 5.41) is 13.0. The summed E-state index contributed by atoms with van der Waals surface area (Å²) in [5.74, 6) is -0.391. The van der Waals surface area contributed by atoms with Gasteiger partial charge < -0.3 is 19.7 Å². The van der Waals surface area contributed by atoms with Crippen molar-refractivity contribution >= 4 is 32.3 Å². The van der Waals surface area contributed by atoms with E-state index in [1.807, 2.05) is 7.05 Å². The molecule has 0 spiro atoms. The van der Waals surface area contributed by atoms with Crippen molar-refractivity contribution < 1.29 is 22.7 Å². The first-order valence-corrected chi connectivity index (χ1v) is 12.7. The van der Waals surface area contributed by atoms with Gasteiger partial charge in [-0.1, -0.05) is 0 Å². The first-order valence-electron chi connectivity index (χ1n) is 10.4. The maximum absolute atomic E-state index is 13.0. The van der Waals surface area contributed by atoms with Crippen LogP contribution in [0.1, 0.15) is 26.4 Å². The summed E-state index contributed by atoms with van der Waals surface area (Å²) < 4.78 is 37.4. The minimum Gasteiger partial charge on any atom is -0.383 e. The highest BCUT2D eigenvalue weighted by Gasteiger charge is 2.26. The van der Waals surface area contributed by atoms with E-state index < -0.39 is 15.9 Å². The number of hydrogen-bond donors (Lipinski definition) is 1. The second-order valence-electron chi connectivity index (χ2n) is 7.68. The predicted octanol–water partition coefficient (Wildman–Crippen LogP) is 2.14. The Bertz CT molecular complexity index is 1110.